The highest BCUT2D eigenvalue weighted by atomic mass is 35.5. The van der Waals surface area contributed by atoms with Gasteiger partial charge in [0.1, 0.15) is 0 Å². The molecule has 4 heteroatoms. The van der Waals surface area contributed by atoms with Gasteiger partial charge in [-0.25, -0.2) is 4.79 Å². The molecule has 2 aromatic carbocycles. The first-order valence-corrected chi connectivity index (χ1v) is 6.40. The predicted octanol–water partition coefficient (Wildman–Crippen LogP) is 3.67. The van der Waals surface area contributed by atoms with Gasteiger partial charge >= 0.3 is 5.97 Å². The van der Waals surface area contributed by atoms with Gasteiger partial charge in [0.15, 0.2) is 5.78 Å². The maximum atomic E-state index is 12.5. The Hall–Kier alpha value is -2.13. The lowest BCUT2D eigenvalue weighted by Gasteiger charge is -2.08. The maximum Gasteiger partial charge on any atom is 0.338 e. The van der Waals surface area contributed by atoms with Crippen molar-refractivity contribution in [1.82, 2.24) is 0 Å². The number of ether oxygens (including phenoxy) is 1. The number of halogens is 1. The minimum atomic E-state index is -0.544. The number of carbonyl (C=O) groups excluding carboxylic acids is 2. The van der Waals surface area contributed by atoms with Crippen LogP contribution in [0.1, 0.15) is 31.8 Å². The molecule has 0 unspecified atom stereocenters. The smallest absolute Gasteiger partial charge is 0.338 e. The van der Waals surface area contributed by atoms with Crippen LogP contribution in [0.15, 0.2) is 42.5 Å². The molecule has 0 fully saturated rings. The predicted molar refractivity (Wildman–Crippen MR) is 77.4 cm³/mol. The van der Waals surface area contributed by atoms with Crippen LogP contribution in [0.25, 0.3) is 0 Å². The van der Waals surface area contributed by atoms with Gasteiger partial charge in [-0.05, 0) is 30.7 Å². The van der Waals surface area contributed by atoms with Crippen LogP contribution in [0.2, 0.25) is 5.02 Å². The van der Waals surface area contributed by atoms with Crippen LogP contribution in [0.5, 0.6) is 0 Å². The van der Waals surface area contributed by atoms with Gasteiger partial charge in [-0.1, -0.05) is 35.9 Å². The molecule has 0 heterocycles. The number of benzene rings is 2. The number of carbonyl (C=O) groups is 2. The van der Waals surface area contributed by atoms with E-state index in [-0.39, 0.29) is 16.9 Å². The highest BCUT2D eigenvalue weighted by molar-refractivity contribution is 6.35. The average Bonchev–Trinajstić information content (AvgIpc) is 2.46. The Morgan fingerprint density at radius 1 is 1.00 bits per heavy atom. The Balaban J connectivity index is 2.51. The summed E-state index contributed by atoms with van der Waals surface area (Å²) < 4.78 is 4.69. The standard InChI is InChI=1S/C16H13ClO3/c1-10-7-8-13(14(17)9-10)15(18)11-5-3-4-6-12(11)16(19)20-2/h3-9H,1-2H3. The van der Waals surface area contributed by atoms with E-state index in [1.165, 1.54) is 7.11 Å². The summed E-state index contributed by atoms with van der Waals surface area (Å²) in [6.07, 6.45) is 0. The van der Waals surface area contributed by atoms with Crippen molar-refractivity contribution in [2.75, 3.05) is 7.11 Å². The van der Waals surface area contributed by atoms with E-state index in [1.807, 2.05) is 6.92 Å². The maximum absolute atomic E-state index is 12.5. The van der Waals surface area contributed by atoms with E-state index >= 15 is 0 Å². The van der Waals surface area contributed by atoms with E-state index < -0.39 is 5.97 Å². The molecule has 102 valence electrons. The summed E-state index contributed by atoms with van der Waals surface area (Å²) in [4.78, 5) is 24.2. The Kier molecular flexibility index (Phi) is 4.20. The van der Waals surface area contributed by atoms with Crippen LogP contribution in [0.4, 0.5) is 0 Å². The van der Waals surface area contributed by atoms with Crippen LogP contribution in [-0.4, -0.2) is 18.9 Å². The van der Waals surface area contributed by atoms with Gasteiger partial charge in [-0.15, -0.1) is 0 Å². The highest BCUT2D eigenvalue weighted by Gasteiger charge is 2.20. The monoisotopic (exact) mass is 288 g/mol. The third-order valence-corrected chi connectivity index (χ3v) is 3.26. The molecule has 0 amide bonds. The van der Waals surface area contributed by atoms with E-state index in [9.17, 15) is 9.59 Å². The summed E-state index contributed by atoms with van der Waals surface area (Å²) in [5, 5.41) is 0.370. The molecule has 0 aliphatic heterocycles. The largest absolute Gasteiger partial charge is 0.465 e. The van der Waals surface area contributed by atoms with Gasteiger partial charge in [0, 0.05) is 11.1 Å². The van der Waals surface area contributed by atoms with Crippen molar-refractivity contribution in [3.8, 4) is 0 Å². The molecule has 0 atom stereocenters. The number of methoxy groups -OCH3 is 1. The molecule has 2 rings (SSSR count). The Morgan fingerprint density at radius 3 is 2.25 bits per heavy atom. The zero-order valence-corrected chi connectivity index (χ0v) is 11.9. The van der Waals surface area contributed by atoms with Crippen LogP contribution in [0.3, 0.4) is 0 Å². The number of ketones is 1. The lowest BCUT2D eigenvalue weighted by molar-refractivity contribution is 0.0597. The third kappa shape index (κ3) is 2.73. The normalized spacial score (nSPS) is 10.2. The number of hydrogen-bond donors (Lipinski definition) is 0. The Morgan fingerprint density at radius 2 is 1.65 bits per heavy atom. The first-order chi connectivity index (χ1) is 9.54. The molecule has 0 saturated heterocycles. The molecule has 0 N–H and O–H groups in total. The summed E-state index contributed by atoms with van der Waals surface area (Å²) in [7, 11) is 1.28. The van der Waals surface area contributed by atoms with Crippen molar-refractivity contribution in [3.05, 3.63) is 69.7 Å². The molecule has 0 saturated carbocycles. The molecule has 0 radical (unpaired) electrons. The molecule has 0 aliphatic rings. The van der Waals surface area contributed by atoms with Gasteiger partial charge in [-0.2, -0.15) is 0 Å². The van der Waals surface area contributed by atoms with Crippen molar-refractivity contribution >= 4 is 23.4 Å². The summed E-state index contributed by atoms with van der Waals surface area (Å²) in [6.45, 7) is 1.89. The van der Waals surface area contributed by atoms with Crippen molar-refractivity contribution in [2.24, 2.45) is 0 Å². The zero-order chi connectivity index (χ0) is 14.7. The molecule has 2 aromatic rings. The summed E-state index contributed by atoms with van der Waals surface area (Å²) in [6, 6.07) is 11.7. The van der Waals surface area contributed by atoms with E-state index in [1.54, 1.807) is 42.5 Å². The fourth-order valence-corrected chi connectivity index (χ4v) is 2.24. The summed E-state index contributed by atoms with van der Waals surface area (Å²) >= 11 is 6.10. The quantitative estimate of drug-likeness (QED) is 0.639. The van der Waals surface area contributed by atoms with Crippen molar-refractivity contribution in [2.45, 2.75) is 6.92 Å². The minimum Gasteiger partial charge on any atom is -0.465 e. The van der Waals surface area contributed by atoms with E-state index in [4.69, 9.17) is 11.6 Å². The summed E-state index contributed by atoms with van der Waals surface area (Å²) in [5.74, 6) is -0.840. The van der Waals surface area contributed by atoms with Crippen LogP contribution in [-0.2, 0) is 4.74 Å². The van der Waals surface area contributed by atoms with Gasteiger partial charge in [0.05, 0.1) is 17.7 Å². The van der Waals surface area contributed by atoms with Gasteiger partial charge < -0.3 is 4.74 Å². The minimum absolute atomic E-state index is 0.233. The SMILES string of the molecule is COC(=O)c1ccccc1C(=O)c1ccc(C)cc1Cl. The molecule has 0 aliphatic carbocycles. The molecule has 0 bridgehead atoms. The third-order valence-electron chi connectivity index (χ3n) is 2.95. The number of hydrogen-bond acceptors (Lipinski definition) is 3. The molecular formula is C16H13ClO3. The lowest BCUT2D eigenvalue weighted by atomic mass is 9.97. The van der Waals surface area contributed by atoms with Gasteiger partial charge in [-0.3, -0.25) is 4.79 Å². The number of aryl methyl sites for hydroxylation is 1. The molecule has 0 aromatic heterocycles. The average molecular weight is 289 g/mol. The number of rotatable bonds is 3. The lowest BCUT2D eigenvalue weighted by Crippen LogP contribution is -2.11. The van der Waals surface area contributed by atoms with E-state index in [2.05, 4.69) is 4.74 Å². The van der Waals surface area contributed by atoms with Crippen LogP contribution < -0.4 is 0 Å². The number of esters is 1. The summed E-state index contributed by atoms with van der Waals surface area (Å²) in [5.41, 5.74) is 1.85. The second-order valence-corrected chi connectivity index (χ2v) is 4.76. The van der Waals surface area contributed by atoms with Gasteiger partial charge in [0.25, 0.3) is 0 Å². The van der Waals surface area contributed by atoms with Crippen molar-refractivity contribution < 1.29 is 14.3 Å². The molecular weight excluding hydrogens is 276 g/mol. The topological polar surface area (TPSA) is 43.4 Å². The van der Waals surface area contributed by atoms with Crippen molar-refractivity contribution in [3.63, 3.8) is 0 Å². The van der Waals surface area contributed by atoms with Crippen molar-refractivity contribution in [1.29, 1.82) is 0 Å². The first kappa shape index (κ1) is 14.3. The fourth-order valence-electron chi connectivity index (χ4n) is 1.92. The van der Waals surface area contributed by atoms with Crippen LogP contribution in [0, 0.1) is 6.92 Å². The van der Waals surface area contributed by atoms with E-state index in [0.29, 0.717) is 10.6 Å². The Bertz CT molecular complexity index is 677. The fraction of sp³-hybridized carbons (Fsp3) is 0.125. The second-order valence-electron chi connectivity index (χ2n) is 4.35. The molecule has 20 heavy (non-hydrogen) atoms. The van der Waals surface area contributed by atoms with E-state index in [0.717, 1.165) is 5.56 Å². The van der Waals surface area contributed by atoms with Gasteiger partial charge in [0.2, 0.25) is 0 Å². The zero-order valence-electron chi connectivity index (χ0n) is 11.1. The molecule has 3 nitrogen and oxygen atoms in total. The second kappa shape index (κ2) is 5.88. The first-order valence-electron chi connectivity index (χ1n) is 6.02. The highest BCUT2D eigenvalue weighted by Crippen LogP contribution is 2.23. The van der Waals surface area contributed by atoms with Crippen LogP contribution >= 0.6 is 11.6 Å². The Labute approximate surface area is 122 Å². The molecule has 0 spiro atoms.